The second-order valence-electron chi connectivity index (χ2n) is 3.93. The van der Waals surface area contributed by atoms with Crippen molar-refractivity contribution in [3.8, 4) is 0 Å². The van der Waals surface area contributed by atoms with Gasteiger partial charge < -0.3 is 9.84 Å². The smallest absolute Gasteiger partial charge is 0.0698 e. The molecule has 0 bridgehead atoms. The summed E-state index contributed by atoms with van der Waals surface area (Å²) in [5.41, 5.74) is 0.197. The standard InChI is InChI=1S/C9H21NO2/c1-9(2,3)10(4)5-7-12-8-6-11/h11H,5-8H2,1-4H3. The number of hydrogen-bond donors (Lipinski definition) is 1. The number of likely N-dealkylation sites (N-methyl/N-ethyl adjacent to an activating group) is 1. The van der Waals surface area contributed by atoms with Crippen LogP contribution in [0, 0.1) is 0 Å². The fourth-order valence-corrected chi connectivity index (χ4v) is 0.704. The summed E-state index contributed by atoms with van der Waals surface area (Å²) in [6.45, 7) is 8.65. The maximum Gasteiger partial charge on any atom is 0.0698 e. The monoisotopic (exact) mass is 175 g/mol. The third-order valence-corrected chi connectivity index (χ3v) is 1.95. The number of ether oxygens (including phenoxy) is 1. The van der Waals surface area contributed by atoms with E-state index >= 15 is 0 Å². The molecule has 74 valence electrons. The van der Waals surface area contributed by atoms with E-state index in [0.717, 1.165) is 6.54 Å². The molecular weight excluding hydrogens is 154 g/mol. The first-order valence-corrected chi connectivity index (χ1v) is 4.38. The average molecular weight is 175 g/mol. The first kappa shape index (κ1) is 11.9. The summed E-state index contributed by atoms with van der Waals surface area (Å²) in [6, 6.07) is 0. The molecule has 0 spiro atoms. The number of aliphatic hydroxyl groups is 1. The molecule has 0 radical (unpaired) electrons. The summed E-state index contributed by atoms with van der Waals surface area (Å²) >= 11 is 0. The second-order valence-corrected chi connectivity index (χ2v) is 3.93. The van der Waals surface area contributed by atoms with Gasteiger partial charge >= 0.3 is 0 Å². The normalized spacial score (nSPS) is 12.5. The van der Waals surface area contributed by atoms with Gasteiger partial charge in [0.2, 0.25) is 0 Å². The zero-order valence-corrected chi connectivity index (χ0v) is 8.63. The number of hydrogen-bond acceptors (Lipinski definition) is 3. The molecule has 0 aromatic heterocycles. The van der Waals surface area contributed by atoms with Crippen LogP contribution in [0.15, 0.2) is 0 Å². The van der Waals surface area contributed by atoms with Crippen molar-refractivity contribution >= 4 is 0 Å². The third-order valence-electron chi connectivity index (χ3n) is 1.95. The molecule has 0 rings (SSSR count). The van der Waals surface area contributed by atoms with Crippen molar-refractivity contribution in [3.63, 3.8) is 0 Å². The van der Waals surface area contributed by atoms with E-state index in [-0.39, 0.29) is 12.1 Å². The lowest BCUT2D eigenvalue weighted by Gasteiger charge is -2.31. The summed E-state index contributed by atoms with van der Waals surface area (Å²) in [4.78, 5) is 2.23. The van der Waals surface area contributed by atoms with Gasteiger partial charge in [0.05, 0.1) is 19.8 Å². The Kier molecular flexibility index (Phi) is 5.46. The third kappa shape index (κ3) is 5.52. The second kappa shape index (κ2) is 5.51. The van der Waals surface area contributed by atoms with E-state index < -0.39 is 0 Å². The van der Waals surface area contributed by atoms with Crippen LogP contribution in [-0.4, -0.2) is 49.0 Å². The van der Waals surface area contributed by atoms with Crippen LogP contribution in [0.25, 0.3) is 0 Å². The topological polar surface area (TPSA) is 32.7 Å². The molecule has 1 N–H and O–H groups in total. The molecular formula is C9H21NO2. The minimum atomic E-state index is 0.110. The highest BCUT2D eigenvalue weighted by Crippen LogP contribution is 2.08. The van der Waals surface area contributed by atoms with E-state index in [0.29, 0.717) is 13.2 Å². The van der Waals surface area contributed by atoms with Crippen LogP contribution in [0.4, 0.5) is 0 Å². The van der Waals surface area contributed by atoms with E-state index in [9.17, 15) is 0 Å². The molecule has 12 heavy (non-hydrogen) atoms. The van der Waals surface area contributed by atoms with E-state index in [4.69, 9.17) is 9.84 Å². The maximum absolute atomic E-state index is 8.45. The lowest BCUT2D eigenvalue weighted by Crippen LogP contribution is -2.40. The van der Waals surface area contributed by atoms with Crippen LogP contribution in [0.5, 0.6) is 0 Å². The van der Waals surface area contributed by atoms with Crippen molar-refractivity contribution in [2.24, 2.45) is 0 Å². The Morgan fingerprint density at radius 3 is 2.25 bits per heavy atom. The number of nitrogens with zero attached hydrogens (tertiary/aromatic N) is 1. The van der Waals surface area contributed by atoms with Crippen LogP contribution in [0.3, 0.4) is 0 Å². The SMILES string of the molecule is CN(CCOCCO)C(C)(C)C. The number of aliphatic hydroxyl groups excluding tert-OH is 1. The first-order chi connectivity index (χ1) is 5.48. The fourth-order valence-electron chi connectivity index (χ4n) is 0.704. The molecule has 0 aliphatic rings. The van der Waals surface area contributed by atoms with E-state index in [2.05, 4.69) is 32.7 Å². The van der Waals surface area contributed by atoms with Gasteiger partial charge in [-0.25, -0.2) is 0 Å². The Morgan fingerprint density at radius 1 is 1.25 bits per heavy atom. The van der Waals surface area contributed by atoms with Gasteiger partial charge in [-0.15, -0.1) is 0 Å². The first-order valence-electron chi connectivity index (χ1n) is 4.38. The summed E-state index contributed by atoms with van der Waals surface area (Å²) < 4.78 is 5.16. The van der Waals surface area contributed by atoms with E-state index in [1.807, 2.05) is 0 Å². The Hall–Kier alpha value is -0.120. The van der Waals surface area contributed by atoms with Crippen molar-refractivity contribution in [1.29, 1.82) is 0 Å². The minimum Gasteiger partial charge on any atom is -0.394 e. The van der Waals surface area contributed by atoms with Gasteiger partial charge in [-0.1, -0.05) is 0 Å². The van der Waals surface area contributed by atoms with E-state index in [1.54, 1.807) is 0 Å². The molecule has 0 aromatic rings. The molecule has 0 saturated heterocycles. The highest BCUT2D eigenvalue weighted by molar-refractivity contribution is 4.71. The molecule has 0 aliphatic heterocycles. The highest BCUT2D eigenvalue weighted by atomic mass is 16.5. The molecule has 0 unspecified atom stereocenters. The fraction of sp³-hybridized carbons (Fsp3) is 1.00. The summed E-state index contributed by atoms with van der Waals surface area (Å²) in [5, 5.41) is 8.45. The van der Waals surface area contributed by atoms with Crippen LogP contribution in [0.1, 0.15) is 20.8 Å². The van der Waals surface area contributed by atoms with Crippen molar-refractivity contribution in [2.75, 3.05) is 33.4 Å². The maximum atomic E-state index is 8.45. The molecule has 0 amide bonds. The Bertz CT molecular complexity index is 110. The van der Waals surface area contributed by atoms with Gasteiger partial charge in [-0.05, 0) is 27.8 Å². The van der Waals surface area contributed by atoms with Gasteiger partial charge in [0.1, 0.15) is 0 Å². The summed E-state index contributed by atoms with van der Waals surface area (Å²) in [6.07, 6.45) is 0. The quantitative estimate of drug-likeness (QED) is 0.625. The Balaban J connectivity index is 3.38. The van der Waals surface area contributed by atoms with Gasteiger partial charge in [0.15, 0.2) is 0 Å². The van der Waals surface area contributed by atoms with E-state index in [1.165, 1.54) is 0 Å². The van der Waals surface area contributed by atoms with Crippen LogP contribution >= 0.6 is 0 Å². The van der Waals surface area contributed by atoms with Gasteiger partial charge in [0.25, 0.3) is 0 Å². The van der Waals surface area contributed by atoms with Crippen molar-refractivity contribution < 1.29 is 9.84 Å². The van der Waals surface area contributed by atoms with Crippen molar-refractivity contribution in [1.82, 2.24) is 4.90 Å². The largest absolute Gasteiger partial charge is 0.394 e. The predicted molar refractivity (Wildman–Crippen MR) is 50.3 cm³/mol. The van der Waals surface area contributed by atoms with Crippen LogP contribution in [0.2, 0.25) is 0 Å². The molecule has 0 atom stereocenters. The molecule has 3 nitrogen and oxygen atoms in total. The van der Waals surface area contributed by atoms with Crippen LogP contribution < -0.4 is 0 Å². The van der Waals surface area contributed by atoms with Crippen molar-refractivity contribution in [2.45, 2.75) is 26.3 Å². The average Bonchev–Trinajstić information content (AvgIpc) is 1.96. The van der Waals surface area contributed by atoms with Crippen molar-refractivity contribution in [3.05, 3.63) is 0 Å². The zero-order chi connectivity index (χ0) is 9.61. The lowest BCUT2D eigenvalue weighted by atomic mass is 10.1. The molecule has 0 aromatic carbocycles. The van der Waals surface area contributed by atoms with Gasteiger partial charge in [0, 0.05) is 12.1 Å². The molecule has 0 saturated carbocycles. The Labute approximate surface area is 75.3 Å². The molecule has 0 heterocycles. The van der Waals surface area contributed by atoms with Crippen LogP contribution in [-0.2, 0) is 4.74 Å². The zero-order valence-electron chi connectivity index (χ0n) is 8.63. The van der Waals surface area contributed by atoms with Gasteiger partial charge in [-0.3, -0.25) is 4.90 Å². The minimum absolute atomic E-state index is 0.110. The molecule has 0 fully saturated rings. The summed E-state index contributed by atoms with van der Waals surface area (Å²) in [7, 11) is 2.07. The van der Waals surface area contributed by atoms with Gasteiger partial charge in [-0.2, -0.15) is 0 Å². The Morgan fingerprint density at radius 2 is 1.83 bits per heavy atom. The highest BCUT2D eigenvalue weighted by Gasteiger charge is 2.15. The molecule has 3 heteroatoms. The predicted octanol–water partition coefficient (Wildman–Crippen LogP) is 0.726. The number of rotatable bonds is 5. The summed E-state index contributed by atoms with van der Waals surface area (Å²) in [5.74, 6) is 0. The molecule has 0 aliphatic carbocycles. The lowest BCUT2D eigenvalue weighted by molar-refractivity contribution is 0.0595.